The van der Waals surface area contributed by atoms with E-state index in [2.05, 4.69) is 78.2 Å². The van der Waals surface area contributed by atoms with E-state index in [9.17, 15) is 0 Å². The van der Waals surface area contributed by atoms with E-state index in [0.717, 1.165) is 18.2 Å². The number of aryl methyl sites for hydroxylation is 3. The minimum Gasteiger partial charge on any atom is -0.337 e. The van der Waals surface area contributed by atoms with Crippen molar-refractivity contribution in [1.82, 2.24) is 9.55 Å². The molecule has 1 aliphatic rings. The molecule has 1 fully saturated rings. The molecule has 4 heteroatoms. The summed E-state index contributed by atoms with van der Waals surface area (Å²) in [6.07, 6.45) is 8.21. The van der Waals surface area contributed by atoms with Gasteiger partial charge in [-0.2, -0.15) is 0 Å². The standard InChI is InChI=1S/C18H24N2S2/c1-14-8-15(2)10-17(9-14)11-18(21-12-16(3)22-18)4-6-20-7-5-19-13-20/h5,7-10,13,16H,4,6,11-12H2,1-3H3. The first-order chi connectivity index (χ1) is 10.5. The molecule has 0 amide bonds. The predicted molar refractivity (Wildman–Crippen MR) is 98.7 cm³/mol. The SMILES string of the molecule is Cc1cc(C)cc(CC2(CCn3ccnc3)SCC(C)S2)c1. The van der Waals surface area contributed by atoms with Crippen LogP contribution in [0.1, 0.15) is 30.0 Å². The zero-order valence-electron chi connectivity index (χ0n) is 13.6. The Balaban J connectivity index is 1.76. The van der Waals surface area contributed by atoms with Crippen LogP contribution in [-0.4, -0.2) is 24.6 Å². The highest BCUT2D eigenvalue weighted by molar-refractivity contribution is 8.21. The van der Waals surface area contributed by atoms with E-state index in [1.807, 2.05) is 12.5 Å². The van der Waals surface area contributed by atoms with Gasteiger partial charge < -0.3 is 4.57 Å². The van der Waals surface area contributed by atoms with Gasteiger partial charge in [-0.1, -0.05) is 36.2 Å². The van der Waals surface area contributed by atoms with E-state index in [-0.39, 0.29) is 0 Å². The predicted octanol–water partition coefficient (Wildman–Crippen LogP) is 4.70. The largest absolute Gasteiger partial charge is 0.337 e. The van der Waals surface area contributed by atoms with Crippen LogP contribution in [0, 0.1) is 13.8 Å². The summed E-state index contributed by atoms with van der Waals surface area (Å²) in [5.74, 6) is 1.26. The van der Waals surface area contributed by atoms with Gasteiger partial charge in [-0.15, -0.1) is 23.5 Å². The van der Waals surface area contributed by atoms with E-state index >= 15 is 0 Å². The fourth-order valence-corrected chi connectivity index (χ4v) is 6.90. The Hall–Kier alpha value is -0.870. The van der Waals surface area contributed by atoms with Crippen LogP contribution in [0.4, 0.5) is 0 Å². The summed E-state index contributed by atoms with van der Waals surface area (Å²) in [5.41, 5.74) is 4.24. The monoisotopic (exact) mass is 332 g/mol. The molecule has 0 spiro atoms. The molecule has 22 heavy (non-hydrogen) atoms. The van der Waals surface area contributed by atoms with Crippen molar-refractivity contribution in [3.05, 3.63) is 53.6 Å². The quantitative estimate of drug-likeness (QED) is 0.790. The second-order valence-corrected chi connectivity index (χ2v) is 9.86. The molecule has 118 valence electrons. The fraction of sp³-hybridized carbons (Fsp3) is 0.500. The molecule has 1 aromatic carbocycles. The van der Waals surface area contributed by atoms with Crippen molar-refractivity contribution in [2.45, 2.75) is 49.5 Å². The lowest BCUT2D eigenvalue weighted by atomic mass is 10.0. The van der Waals surface area contributed by atoms with E-state index in [0.29, 0.717) is 4.08 Å². The highest BCUT2D eigenvalue weighted by Gasteiger charge is 2.38. The van der Waals surface area contributed by atoms with Crippen LogP contribution in [0.2, 0.25) is 0 Å². The minimum atomic E-state index is 0.309. The summed E-state index contributed by atoms with van der Waals surface area (Å²) >= 11 is 4.33. The molecule has 2 heterocycles. The molecule has 0 bridgehead atoms. The molecule has 2 atom stereocenters. The van der Waals surface area contributed by atoms with Crippen molar-refractivity contribution in [2.75, 3.05) is 5.75 Å². The smallest absolute Gasteiger partial charge is 0.0945 e. The topological polar surface area (TPSA) is 17.8 Å². The second-order valence-electron chi connectivity index (χ2n) is 6.37. The number of hydrogen-bond donors (Lipinski definition) is 0. The Morgan fingerprint density at radius 1 is 1.27 bits per heavy atom. The van der Waals surface area contributed by atoms with Crippen LogP contribution in [-0.2, 0) is 13.0 Å². The van der Waals surface area contributed by atoms with Crippen LogP contribution in [0.5, 0.6) is 0 Å². The molecule has 0 radical (unpaired) electrons. The summed E-state index contributed by atoms with van der Waals surface area (Å²) < 4.78 is 2.51. The van der Waals surface area contributed by atoms with Crippen molar-refractivity contribution < 1.29 is 0 Å². The summed E-state index contributed by atoms with van der Waals surface area (Å²) in [6, 6.07) is 6.98. The van der Waals surface area contributed by atoms with E-state index in [1.165, 1.54) is 28.9 Å². The summed E-state index contributed by atoms with van der Waals surface area (Å²) in [7, 11) is 0. The van der Waals surface area contributed by atoms with Gasteiger partial charge in [0.15, 0.2) is 0 Å². The molecular weight excluding hydrogens is 308 g/mol. The van der Waals surface area contributed by atoms with Crippen LogP contribution < -0.4 is 0 Å². The summed E-state index contributed by atoms with van der Waals surface area (Å²) in [5, 5.41) is 0.749. The lowest BCUT2D eigenvalue weighted by Gasteiger charge is -2.28. The molecule has 0 aliphatic carbocycles. The molecule has 0 saturated carbocycles. The Kier molecular flexibility index (Phi) is 4.88. The number of aromatic nitrogens is 2. The van der Waals surface area contributed by atoms with Crippen molar-refractivity contribution in [2.24, 2.45) is 0 Å². The molecule has 3 rings (SSSR count). The number of hydrogen-bond acceptors (Lipinski definition) is 3. The van der Waals surface area contributed by atoms with Crippen LogP contribution in [0.25, 0.3) is 0 Å². The zero-order valence-corrected chi connectivity index (χ0v) is 15.2. The van der Waals surface area contributed by atoms with Gasteiger partial charge in [-0.25, -0.2) is 4.98 Å². The molecule has 1 aromatic heterocycles. The van der Waals surface area contributed by atoms with Gasteiger partial charge in [0.1, 0.15) is 0 Å². The third kappa shape index (κ3) is 3.90. The van der Waals surface area contributed by atoms with Crippen molar-refractivity contribution in [3.63, 3.8) is 0 Å². The minimum absolute atomic E-state index is 0.309. The first-order valence-corrected chi connectivity index (χ1v) is 9.76. The molecule has 0 N–H and O–H groups in total. The summed E-state index contributed by atoms with van der Waals surface area (Å²) in [4.78, 5) is 4.16. The van der Waals surface area contributed by atoms with E-state index in [4.69, 9.17) is 0 Å². The van der Waals surface area contributed by atoms with Crippen LogP contribution in [0.3, 0.4) is 0 Å². The normalized spacial score (nSPS) is 24.8. The number of benzene rings is 1. The van der Waals surface area contributed by atoms with Crippen LogP contribution >= 0.6 is 23.5 Å². The number of nitrogens with zero attached hydrogens (tertiary/aromatic N) is 2. The van der Waals surface area contributed by atoms with Crippen LogP contribution in [0.15, 0.2) is 36.9 Å². The van der Waals surface area contributed by atoms with Crippen molar-refractivity contribution in [3.8, 4) is 0 Å². The second kappa shape index (κ2) is 6.71. The molecular formula is C18H24N2S2. The molecule has 2 aromatic rings. The highest BCUT2D eigenvalue weighted by Crippen LogP contribution is 2.52. The maximum absolute atomic E-state index is 4.16. The first kappa shape index (κ1) is 16.0. The van der Waals surface area contributed by atoms with E-state index in [1.54, 1.807) is 0 Å². The lowest BCUT2D eigenvalue weighted by Crippen LogP contribution is -2.23. The highest BCUT2D eigenvalue weighted by atomic mass is 32.2. The maximum Gasteiger partial charge on any atom is 0.0945 e. The fourth-order valence-electron chi connectivity index (χ4n) is 3.22. The first-order valence-electron chi connectivity index (χ1n) is 7.89. The van der Waals surface area contributed by atoms with Crippen molar-refractivity contribution in [1.29, 1.82) is 0 Å². The maximum atomic E-state index is 4.16. The van der Waals surface area contributed by atoms with Gasteiger partial charge >= 0.3 is 0 Å². The number of rotatable bonds is 5. The third-order valence-corrected chi connectivity index (χ3v) is 7.80. The van der Waals surface area contributed by atoms with Gasteiger partial charge in [-0.3, -0.25) is 0 Å². The number of thioether (sulfide) groups is 2. The average molecular weight is 333 g/mol. The van der Waals surface area contributed by atoms with E-state index < -0.39 is 0 Å². The Morgan fingerprint density at radius 2 is 2.05 bits per heavy atom. The molecule has 2 nitrogen and oxygen atoms in total. The average Bonchev–Trinajstić information content (AvgIpc) is 3.06. The van der Waals surface area contributed by atoms with Gasteiger partial charge in [0.05, 0.1) is 10.4 Å². The Labute approximate surface area is 142 Å². The Morgan fingerprint density at radius 3 is 2.64 bits per heavy atom. The summed E-state index contributed by atoms with van der Waals surface area (Å²) in [6.45, 7) is 7.81. The van der Waals surface area contributed by atoms with Gasteiger partial charge in [0.25, 0.3) is 0 Å². The number of imidazole rings is 1. The zero-order chi connectivity index (χ0) is 15.6. The van der Waals surface area contributed by atoms with Gasteiger partial charge in [-0.05, 0) is 32.3 Å². The van der Waals surface area contributed by atoms with Gasteiger partial charge in [0.2, 0.25) is 0 Å². The third-order valence-electron chi connectivity index (χ3n) is 4.06. The molecule has 2 unspecified atom stereocenters. The van der Waals surface area contributed by atoms with Crippen molar-refractivity contribution >= 4 is 23.5 Å². The Bertz CT molecular complexity index is 604. The molecule has 1 saturated heterocycles. The lowest BCUT2D eigenvalue weighted by molar-refractivity contribution is 0.597. The van der Waals surface area contributed by atoms with Gasteiger partial charge in [0, 0.05) is 29.9 Å². The molecule has 1 aliphatic heterocycles.